The van der Waals surface area contributed by atoms with Gasteiger partial charge in [0.1, 0.15) is 0 Å². The van der Waals surface area contributed by atoms with E-state index >= 15 is 0 Å². The first kappa shape index (κ1) is 11.1. The highest BCUT2D eigenvalue weighted by atomic mass is 16.5. The van der Waals surface area contributed by atoms with E-state index in [1.807, 2.05) is 0 Å². The van der Waals surface area contributed by atoms with Crippen molar-refractivity contribution in [3.05, 3.63) is 12.2 Å². The number of esters is 1. The third-order valence-corrected chi connectivity index (χ3v) is 6.50. The van der Waals surface area contributed by atoms with Crippen LogP contribution in [0.25, 0.3) is 0 Å². The van der Waals surface area contributed by atoms with E-state index in [0.29, 0.717) is 12.5 Å². The van der Waals surface area contributed by atoms with Gasteiger partial charge in [0, 0.05) is 6.92 Å². The lowest BCUT2D eigenvalue weighted by atomic mass is 9.65. The van der Waals surface area contributed by atoms with E-state index in [1.165, 1.54) is 19.8 Å². The summed E-state index contributed by atoms with van der Waals surface area (Å²) in [5.41, 5.74) is 0. The second-order valence-corrected chi connectivity index (χ2v) is 6.99. The van der Waals surface area contributed by atoms with Crippen LogP contribution in [-0.4, -0.2) is 12.6 Å². The molecule has 0 aromatic rings. The fourth-order valence-corrected chi connectivity index (χ4v) is 5.95. The predicted molar refractivity (Wildman–Crippen MR) is 68.6 cm³/mol. The summed E-state index contributed by atoms with van der Waals surface area (Å²) >= 11 is 0. The van der Waals surface area contributed by atoms with Gasteiger partial charge in [-0.05, 0) is 60.2 Å². The summed E-state index contributed by atoms with van der Waals surface area (Å²) < 4.78 is 5.32. The quantitative estimate of drug-likeness (QED) is 0.425. The first-order valence-corrected chi connectivity index (χ1v) is 7.48. The van der Waals surface area contributed by atoms with Crippen LogP contribution in [0.15, 0.2) is 12.2 Å². The van der Waals surface area contributed by atoms with Gasteiger partial charge < -0.3 is 4.74 Å². The molecule has 0 radical (unpaired) electrons. The lowest BCUT2D eigenvalue weighted by Crippen LogP contribution is -2.38. The molecule has 0 N–H and O–H groups in total. The van der Waals surface area contributed by atoms with Crippen LogP contribution in [0, 0.1) is 47.3 Å². The van der Waals surface area contributed by atoms with Crippen molar-refractivity contribution in [3.63, 3.8) is 0 Å². The average molecular weight is 246 g/mol. The molecule has 0 saturated heterocycles. The Bertz CT molecular complexity index is 413. The van der Waals surface area contributed by atoms with Gasteiger partial charge in [-0.15, -0.1) is 0 Å². The number of carbonyl (C=O) groups is 1. The molecule has 0 aromatic heterocycles. The smallest absolute Gasteiger partial charge is 0.302 e. The molecule has 2 heteroatoms. The highest BCUT2D eigenvalue weighted by molar-refractivity contribution is 5.65. The molecule has 0 aromatic carbocycles. The van der Waals surface area contributed by atoms with Gasteiger partial charge in [-0.2, -0.15) is 0 Å². The van der Waals surface area contributed by atoms with Crippen molar-refractivity contribution in [1.82, 2.24) is 0 Å². The molecule has 0 spiro atoms. The molecular weight excluding hydrogens is 224 g/mol. The van der Waals surface area contributed by atoms with Crippen molar-refractivity contribution >= 4 is 5.97 Å². The summed E-state index contributed by atoms with van der Waals surface area (Å²) in [6.45, 7) is 4.59. The largest absolute Gasteiger partial charge is 0.466 e. The third-order valence-electron chi connectivity index (χ3n) is 6.50. The Balaban J connectivity index is 1.56. The van der Waals surface area contributed by atoms with Crippen LogP contribution >= 0.6 is 0 Å². The fourth-order valence-electron chi connectivity index (χ4n) is 5.95. The number of fused-ring (bicyclic) bond motifs is 9. The Morgan fingerprint density at radius 2 is 1.83 bits per heavy atom. The van der Waals surface area contributed by atoms with E-state index in [9.17, 15) is 4.79 Å². The second-order valence-electron chi connectivity index (χ2n) is 6.99. The molecule has 4 aliphatic rings. The molecule has 8 atom stereocenters. The number of hydrogen-bond donors (Lipinski definition) is 0. The van der Waals surface area contributed by atoms with Crippen LogP contribution < -0.4 is 0 Å². The van der Waals surface area contributed by atoms with Gasteiger partial charge in [-0.3, -0.25) is 4.79 Å². The molecule has 98 valence electrons. The van der Waals surface area contributed by atoms with Gasteiger partial charge in [-0.1, -0.05) is 19.1 Å². The van der Waals surface area contributed by atoms with Crippen LogP contribution in [0.1, 0.15) is 26.7 Å². The Morgan fingerprint density at radius 3 is 2.50 bits per heavy atom. The van der Waals surface area contributed by atoms with Crippen molar-refractivity contribution in [2.45, 2.75) is 26.7 Å². The minimum atomic E-state index is -0.116. The minimum absolute atomic E-state index is 0.116. The summed E-state index contributed by atoms with van der Waals surface area (Å²) in [7, 11) is 0. The average Bonchev–Trinajstić information content (AvgIpc) is 3.04. The number of rotatable bonds is 2. The van der Waals surface area contributed by atoms with Crippen molar-refractivity contribution < 1.29 is 9.53 Å². The summed E-state index contributed by atoms with van der Waals surface area (Å²) in [4.78, 5) is 11.0. The maximum absolute atomic E-state index is 11.0. The summed E-state index contributed by atoms with van der Waals surface area (Å²) in [6.07, 6.45) is 7.77. The van der Waals surface area contributed by atoms with Gasteiger partial charge in [0.15, 0.2) is 0 Å². The zero-order valence-corrected chi connectivity index (χ0v) is 11.2. The number of carbonyl (C=O) groups excluding carboxylic acids is 1. The molecular formula is C16H22O2. The van der Waals surface area contributed by atoms with E-state index in [1.54, 1.807) is 0 Å². The summed E-state index contributed by atoms with van der Waals surface area (Å²) in [6, 6.07) is 0. The number of hydrogen-bond acceptors (Lipinski definition) is 2. The highest BCUT2D eigenvalue weighted by Gasteiger charge is 2.63. The predicted octanol–water partition coefficient (Wildman–Crippen LogP) is 2.89. The Morgan fingerprint density at radius 1 is 1.17 bits per heavy atom. The first-order chi connectivity index (χ1) is 8.66. The highest BCUT2D eigenvalue weighted by Crippen LogP contribution is 2.68. The zero-order chi connectivity index (χ0) is 12.4. The molecule has 4 aliphatic carbocycles. The number of allylic oxidation sites excluding steroid dienone is 2. The molecule has 3 saturated carbocycles. The van der Waals surface area contributed by atoms with E-state index in [4.69, 9.17) is 4.74 Å². The molecule has 18 heavy (non-hydrogen) atoms. The van der Waals surface area contributed by atoms with Gasteiger partial charge in [0.05, 0.1) is 6.61 Å². The molecule has 4 rings (SSSR count). The van der Waals surface area contributed by atoms with Crippen LogP contribution in [0.2, 0.25) is 0 Å². The van der Waals surface area contributed by atoms with Crippen LogP contribution in [0.4, 0.5) is 0 Å². The Kier molecular flexibility index (Phi) is 2.22. The SMILES string of the molecule is CC(=O)OCC1C(C)C2CC1C1C3C=CC(C3)C21. The summed E-state index contributed by atoms with van der Waals surface area (Å²) in [5.74, 6) is 6.62. The lowest BCUT2D eigenvalue weighted by Gasteiger charge is -2.40. The molecule has 0 aliphatic heterocycles. The van der Waals surface area contributed by atoms with Crippen molar-refractivity contribution in [1.29, 1.82) is 0 Å². The van der Waals surface area contributed by atoms with Crippen molar-refractivity contribution in [3.8, 4) is 0 Å². The third kappa shape index (κ3) is 1.27. The summed E-state index contributed by atoms with van der Waals surface area (Å²) in [5, 5.41) is 0. The van der Waals surface area contributed by atoms with E-state index in [0.717, 1.165) is 41.4 Å². The van der Waals surface area contributed by atoms with Gasteiger partial charge in [-0.25, -0.2) is 0 Å². The van der Waals surface area contributed by atoms with E-state index < -0.39 is 0 Å². The van der Waals surface area contributed by atoms with Crippen LogP contribution in [-0.2, 0) is 9.53 Å². The maximum atomic E-state index is 11.0. The second kappa shape index (κ2) is 3.61. The molecule has 8 unspecified atom stereocenters. The normalized spacial score (nSPS) is 55.0. The zero-order valence-electron chi connectivity index (χ0n) is 11.2. The number of ether oxygens (including phenoxy) is 1. The fraction of sp³-hybridized carbons (Fsp3) is 0.812. The molecule has 0 amide bonds. The van der Waals surface area contributed by atoms with Gasteiger partial charge >= 0.3 is 5.97 Å². The van der Waals surface area contributed by atoms with Crippen molar-refractivity contribution in [2.24, 2.45) is 47.3 Å². The molecule has 4 bridgehead atoms. The topological polar surface area (TPSA) is 26.3 Å². The van der Waals surface area contributed by atoms with Crippen LogP contribution in [0.3, 0.4) is 0 Å². The Hall–Kier alpha value is -0.790. The Labute approximate surface area is 109 Å². The van der Waals surface area contributed by atoms with Gasteiger partial charge in [0.2, 0.25) is 0 Å². The van der Waals surface area contributed by atoms with Crippen molar-refractivity contribution in [2.75, 3.05) is 6.61 Å². The van der Waals surface area contributed by atoms with E-state index in [-0.39, 0.29) is 5.97 Å². The van der Waals surface area contributed by atoms with Gasteiger partial charge in [0.25, 0.3) is 0 Å². The molecule has 2 nitrogen and oxygen atoms in total. The molecule has 3 fully saturated rings. The monoisotopic (exact) mass is 246 g/mol. The minimum Gasteiger partial charge on any atom is -0.466 e. The van der Waals surface area contributed by atoms with E-state index in [2.05, 4.69) is 19.1 Å². The lowest BCUT2D eigenvalue weighted by molar-refractivity contribution is -0.144. The molecule has 0 heterocycles. The first-order valence-electron chi connectivity index (χ1n) is 7.48. The van der Waals surface area contributed by atoms with Crippen LogP contribution in [0.5, 0.6) is 0 Å². The maximum Gasteiger partial charge on any atom is 0.302 e. The standard InChI is InChI=1S/C16H22O2/c1-8-12-6-13(14(8)7-18-9(2)17)16-11-4-3-10(5-11)15(12)16/h3-4,8,10-16H,5-7H2,1-2H3.